The zero-order chi connectivity index (χ0) is 7.68. The van der Waals surface area contributed by atoms with Crippen molar-refractivity contribution in [3.05, 3.63) is 29.1 Å². The lowest BCUT2D eigenvalue weighted by atomic mass is 10.4. The van der Waals surface area contributed by atoms with Crippen LogP contribution in [-0.4, -0.2) is 4.98 Å². The second-order valence-corrected chi connectivity index (χ2v) is 3.57. The van der Waals surface area contributed by atoms with Crippen LogP contribution in [0, 0.1) is 0 Å². The summed E-state index contributed by atoms with van der Waals surface area (Å²) in [4.78, 5) is 4.85. The summed E-state index contributed by atoms with van der Waals surface area (Å²) >= 11 is 7.05. The molecule has 0 radical (unpaired) electrons. The van der Waals surface area contributed by atoms with Crippen LogP contribution in [0.25, 0.3) is 10.6 Å². The number of thiazole rings is 1. The quantitative estimate of drug-likeness (QED) is 0.683. The third-order valence-electron chi connectivity index (χ3n) is 1.24. The van der Waals surface area contributed by atoms with Gasteiger partial charge in [-0.25, -0.2) is 4.98 Å². The van der Waals surface area contributed by atoms with Crippen molar-refractivity contribution in [1.82, 2.24) is 4.98 Å². The second kappa shape index (κ2) is 2.68. The van der Waals surface area contributed by atoms with Crippen LogP contribution < -0.4 is 0 Å². The van der Waals surface area contributed by atoms with Crippen LogP contribution in [0.4, 0.5) is 0 Å². The summed E-state index contributed by atoms with van der Waals surface area (Å²) < 4.78 is 5.68. The molecule has 0 saturated heterocycles. The first kappa shape index (κ1) is 6.88. The van der Waals surface area contributed by atoms with Gasteiger partial charge in [0, 0.05) is 0 Å². The molecule has 56 valence electrons. The predicted molar refractivity (Wildman–Crippen MR) is 44.8 cm³/mol. The maximum Gasteiger partial charge on any atom is 0.184 e. The van der Waals surface area contributed by atoms with E-state index in [0.717, 1.165) is 10.6 Å². The van der Waals surface area contributed by atoms with Gasteiger partial charge in [-0.3, -0.25) is 0 Å². The normalized spacial score (nSPS) is 10.3. The van der Waals surface area contributed by atoms with Gasteiger partial charge in [0.05, 0.1) is 17.3 Å². The number of aromatic nitrogens is 1. The van der Waals surface area contributed by atoms with Crippen molar-refractivity contribution in [2.24, 2.45) is 0 Å². The summed E-state index contributed by atoms with van der Waals surface area (Å²) in [6.45, 7) is 0. The summed E-state index contributed by atoms with van der Waals surface area (Å²) in [7, 11) is 0. The van der Waals surface area contributed by atoms with Crippen molar-refractivity contribution in [1.29, 1.82) is 0 Å². The third-order valence-corrected chi connectivity index (χ3v) is 2.37. The Bertz CT molecular complexity index is 341. The van der Waals surface area contributed by atoms with Crippen LogP contribution in [0.5, 0.6) is 0 Å². The largest absolute Gasteiger partial charge is 0.463 e. The average Bonchev–Trinajstić information content (AvgIpc) is 2.55. The highest BCUT2D eigenvalue weighted by molar-refractivity contribution is 7.18. The molecular weight excluding hydrogens is 182 g/mol. The van der Waals surface area contributed by atoms with Crippen molar-refractivity contribution in [2.45, 2.75) is 0 Å². The summed E-state index contributed by atoms with van der Waals surface area (Å²) in [5, 5.41) is 0. The molecule has 0 amide bonds. The standard InChI is InChI=1S/C7H4ClNOS/c8-7-9-4-6(11-7)5-2-1-3-10-5/h1-4H. The minimum absolute atomic E-state index is 0.538. The Hall–Kier alpha value is -0.800. The molecule has 0 N–H and O–H groups in total. The van der Waals surface area contributed by atoms with Gasteiger partial charge in [-0.2, -0.15) is 0 Å². The monoisotopic (exact) mass is 185 g/mol. The van der Waals surface area contributed by atoms with E-state index in [1.54, 1.807) is 12.5 Å². The molecule has 0 spiro atoms. The maximum atomic E-state index is 5.64. The molecule has 0 aromatic carbocycles. The van der Waals surface area contributed by atoms with Gasteiger partial charge in [-0.15, -0.1) is 0 Å². The molecule has 0 atom stereocenters. The second-order valence-electron chi connectivity index (χ2n) is 1.95. The van der Waals surface area contributed by atoms with E-state index in [1.165, 1.54) is 11.3 Å². The van der Waals surface area contributed by atoms with Crippen LogP contribution >= 0.6 is 22.9 Å². The summed E-state index contributed by atoms with van der Waals surface area (Å²) in [6.07, 6.45) is 3.33. The minimum atomic E-state index is 0.538. The Balaban J connectivity index is 2.45. The van der Waals surface area contributed by atoms with Gasteiger partial charge in [0.25, 0.3) is 0 Å². The van der Waals surface area contributed by atoms with Crippen LogP contribution in [0.2, 0.25) is 4.47 Å². The molecule has 2 nitrogen and oxygen atoms in total. The number of nitrogens with zero attached hydrogens (tertiary/aromatic N) is 1. The number of furan rings is 1. The first-order valence-electron chi connectivity index (χ1n) is 3.01. The smallest absolute Gasteiger partial charge is 0.184 e. The highest BCUT2D eigenvalue weighted by atomic mass is 35.5. The average molecular weight is 186 g/mol. The van der Waals surface area contributed by atoms with Crippen LogP contribution in [0.1, 0.15) is 0 Å². The fourth-order valence-corrected chi connectivity index (χ4v) is 1.69. The molecule has 2 rings (SSSR count). The van der Waals surface area contributed by atoms with Gasteiger partial charge in [0.2, 0.25) is 0 Å². The van der Waals surface area contributed by atoms with E-state index >= 15 is 0 Å². The number of halogens is 1. The van der Waals surface area contributed by atoms with Crippen LogP contribution in [0.15, 0.2) is 29.0 Å². The molecular formula is C7H4ClNOS. The SMILES string of the molecule is Clc1ncc(-c2ccco2)s1. The topological polar surface area (TPSA) is 26.0 Å². The zero-order valence-electron chi connectivity index (χ0n) is 5.45. The van der Waals surface area contributed by atoms with Gasteiger partial charge >= 0.3 is 0 Å². The summed E-state index contributed by atoms with van der Waals surface area (Å²) in [5.41, 5.74) is 0. The fraction of sp³-hybridized carbons (Fsp3) is 0. The highest BCUT2D eigenvalue weighted by Gasteiger charge is 2.03. The molecule has 0 aliphatic carbocycles. The van der Waals surface area contributed by atoms with E-state index in [0.29, 0.717) is 4.47 Å². The van der Waals surface area contributed by atoms with E-state index < -0.39 is 0 Å². The fourth-order valence-electron chi connectivity index (χ4n) is 0.785. The Morgan fingerprint density at radius 2 is 2.45 bits per heavy atom. The van der Waals surface area contributed by atoms with E-state index in [-0.39, 0.29) is 0 Å². The number of hydrogen-bond acceptors (Lipinski definition) is 3. The van der Waals surface area contributed by atoms with Crippen molar-refractivity contribution in [3.8, 4) is 10.6 Å². The van der Waals surface area contributed by atoms with Crippen molar-refractivity contribution < 1.29 is 4.42 Å². The van der Waals surface area contributed by atoms with Gasteiger partial charge in [-0.05, 0) is 12.1 Å². The Labute approximate surface area is 72.4 Å². The van der Waals surface area contributed by atoms with Crippen molar-refractivity contribution in [2.75, 3.05) is 0 Å². The Kier molecular flexibility index (Phi) is 1.68. The van der Waals surface area contributed by atoms with E-state index in [9.17, 15) is 0 Å². The molecule has 11 heavy (non-hydrogen) atoms. The zero-order valence-corrected chi connectivity index (χ0v) is 7.02. The molecule has 2 aromatic rings. The predicted octanol–water partition coefficient (Wildman–Crippen LogP) is 3.06. The molecule has 2 heterocycles. The lowest BCUT2D eigenvalue weighted by Crippen LogP contribution is -1.60. The molecule has 0 aliphatic rings. The Morgan fingerprint density at radius 1 is 1.55 bits per heavy atom. The lowest BCUT2D eigenvalue weighted by Gasteiger charge is -1.83. The molecule has 4 heteroatoms. The maximum absolute atomic E-state index is 5.64. The van der Waals surface area contributed by atoms with E-state index in [1.807, 2.05) is 12.1 Å². The first-order chi connectivity index (χ1) is 5.36. The third kappa shape index (κ3) is 1.29. The molecule has 0 bridgehead atoms. The lowest BCUT2D eigenvalue weighted by molar-refractivity contribution is 0.583. The molecule has 0 saturated carbocycles. The van der Waals surface area contributed by atoms with Gasteiger partial charge in [0.1, 0.15) is 5.76 Å². The van der Waals surface area contributed by atoms with E-state index in [4.69, 9.17) is 16.0 Å². The minimum Gasteiger partial charge on any atom is -0.463 e. The number of rotatable bonds is 1. The van der Waals surface area contributed by atoms with Gasteiger partial charge < -0.3 is 4.42 Å². The Morgan fingerprint density at radius 3 is 3.00 bits per heavy atom. The number of hydrogen-bond donors (Lipinski definition) is 0. The first-order valence-corrected chi connectivity index (χ1v) is 4.21. The summed E-state index contributed by atoms with van der Waals surface area (Å²) in [6, 6.07) is 3.72. The van der Waals surface area contributed by atoms with Gasteiger partial charge in [0.15, 0.2) is 4.47 Å². The van der Waals surface area contributed by atoms with E-state index in [2.05, 4.69) is 4.98 Å². The molecule has 0 aliphatic heterocycles. The van der Waals surface area contributed by atoms with Crippen LogP contribution in [-0.2, 0) is 0 Å². The highest BCUT2D eigenvalue weighted by Crippen LogP contribution is 2.28. The molecule has 2 aromatic heterocycles. The van der Waals surface area contributed by atoms with Crippen molar-refractivity contribution in [3.63, 3.8) is 0 Å². The molecule has 0 fully saturated rings. The van der Waals surface area contributed by atoms with Crippen LogP contribution in [0.3, 0.4) is 0 Å². The van der Waals surface area contributed by atoms with Gasteiger partial charge in [-0.1, -0.05) is 22.9 Å². The molecule has 0 unspecified atom stereocenters. The van der Waals surface area contributed by atoms with Crippen molar-refractivity contribution >= 4 is 22.9 Å². The summed E-state index contributed by atoms with van der Waals surface area (Å²) in [5.74, 6) is 0.814.